The minimum atomic E-state index is -0.321. The summed E-state index contributed by atoms with van der Waals surface area (Å²) in [6, 6.07) is 28.0. The smallest absolute Gasteiger partial charge is 0.0595 e. The molecule has 0 aromatic heterocycles. The van der Waals surface area contributed by atoms with Gasteiger partial charge in [-0.3, -0.25) is 0 Å². The van der Waals surface area contributed by atoms with Crippen LogP contribution in [0.5, 0.6) is 0 Å². The molecule has 0 saturated heterocycles. The molecule has 3 rings (SSSR count). The molecule has 0 nitrogen and oxygen atoms in total. The van der Waals surface area contributed by atoms with E-state index in [4.69, 9.17) is 23.2 Å². The van der Waals surface area contributed by atoms with Gasteiger partial charge in [-0.1, -0.05) is 77.8 Å². The molecule has 0 atom stereocenters. The molecule has 0 heterocycles. The van der Waals surface area contributed by atoms with Crippen LogP contribution in [0.4, 0.5) is 0 Å². The van der Waals surface area contributed by atoms with Gasteiger partial charge >= 0.3 is 0 Å². The first-order valence-corrected chi connectivity index (χ1v) is 7.76. The summed E-state index contributed by atoms with van der Waals surface area (Å²) >= 11 is 12.3. The van der Waals surface area contributed by atoms with Crippen LogP contribution in [-0.2, 0) is 5.41 Å². The maximum Gasteiger partial charge on any atom is 0.0595 e. The van der Waals surface area contributed by atoms with E-state index in [9.17, 15) is 0 Å². The van der Waals surface area contributed by atoms with Crippen molar-refractivity contribution < 1.29 is 0 Å². The number of rotatable bonds is 3. The predicted octanol–water partition coefficient (Wildman–Crippen LogP) is 5.95. The molecule has 0 amide bonds. The Morgan fingerprint density at radius 3 is 1.64 bits per heavy atom. The maximum atomic E-state index is 6.25. The van der Waals surface area contributed by atoms with Gasteiger partial charge in [0.05, 0.1) is 10.0 Å². The van der Waals surface area contributed by atoms with Crippen LogP contribution in [0.2, 0.25) is 10.0 Å². The molecule has 0 aliphatic carbocycles. The highest BCUT2D eigenvalue weighted by atomic mass is 35.5. The summed E-state index contributed by atoms with van der Waals surface area (Å²) in [4.78, 5) is 0. The van der Waals surface area contributed by atoms with E-state index in [-0.39, 0.29) is 5.41 Å². The minimum Gasteiger partial charge on any atom is -0.0827 e. The Morgan fingerprint density at radius 2 is 1.18 bits per heavy atom. The lowest BCUT2D eigenvalue weighted by Gasteiger charge is -2.32. The Labute approximate surface area is 141 Å². The lowest BCUT2D eigenvalue weighted by Crippen LogP contribution is -2.25. The number of hydrogen-bond acceptors (Lipinski definition) is 0. The third-order valence-electron chi connectivity index (χ3n) is 4.09. The average Bonchev–Trinajstić information content (AvgIpc) is 2.58. The van der Waals surface area contributed by atoms with Gasteiger partial charge < -0.3 is 0 Å². The highest BCUT2D eigenvalue weighted by Crippen LogP contribution is 2.40. The van der Waals surface area contributed by atoms with Gasteiger partial charge in [0.25, 0.3) is 0 Å². The van der Waals surface area contributed by atoms with Gasteiger partial charge in [0, 0.05) is 5.41 Å². The van der Waals surface area contributed by atoms with Gasteiger partial charge in [-0.2, -0.15) is 0 Å². The third-order valence-corrected chi connectivity index (χ3v) is 4.83. The monoisotopic (exact) mass is 324 g/mol. The van der Waals surface area contributed by atoms with Crippen molar-refractivity contribution in [2.45, 2.75) is 12.3 Å². The molecule has 3 aromatic carbocycles. The zero-order valence-electron chi connectivity index (χ0n) is 12.1. The first-order valence-electron chi connectivity index (χ1n) is 7.01. The molecule has 0 unspecified atom stereocenters. The Morgan fingerprint density at radius 1 is 0.682 bits per heavy atom. The molecule has 0 bridgehead atoms. The van der Waals surface area contributed by atoms with Crippen molar-refractivity contribution in [3.05, 3.63) is 106 Å². The van der Waals surface area contributed by atoms with Gasteiger partial charge in [0.15, 0.2) is 0 Å². The van der Waals surface area contributed by atoms with Gasteiger partial charge in [0.2, 0.25) is 0 Å². The van der Waals surface area contributed by atoms with E-state index in [1.807, 2.05) is 42.5 Å². The lowest BCUT2D eigenvalue weighted by atomic mass is 9.71. The van der Waals surface area contributed by atoms with Crippen molar-refractivity contribution in [2.75, 3.05) is 0 Å². The Balaban J connectivity index is 2.26. The van der Waals surface area contributed by atoms with Crippen molar-refractivity contribution in [1.82, 2.24) is 0 Å². The minimum absolute atomic E-state index is 0.321. The highest BCUT2D eigenvalue weighted by molar-refractivity contribution is 6.42. The number of hydrogen-bond donors (Lipinski definition) is 0. The van der Waals surface area contributed by atoms with E-state index in [1.165, 1.54) is 11.1 Å². The maximum absolute atomic E-state index is 6.25. The molecular formula is C20H14Cl2. The number of halogens is 2. The first kappa shape index (κ1) is 15.1. The Kier molecular flexibility index (Phi) is 4.24. The summed E-state index contributed by atoms with van der Waals surface area (Å²) in [5.74, 6) is 0. The first-order chi connectivity index (χ1) is 10.6. The van der Waals surface area contributed by atoms with Crippen LogP contribution in [0.3, 0.4) is 0 Å². The molecule has 3 aromatic rings. The highest BCUT2D eigenvalue weighted by Gasteiger charge is 2.31. The van der Waals surface area contributed by atoms with E-state index < -0.39 is 0 Å². The summed E-state index contributed by atoms with van der Waals surface area (Å²) in [5.41, 5.74) is 3.13. The molecule has 0 fully saturated rings. The van der Waals surface area contributed by atoms with Gasteiger partial charge in [-0.05, 0) is 47.9 Å². The Hall–Kier alpha value is -1.76. The standard InChI is InChI=1S/C20H14Cl2/c1-20(15-8-4-2-5-9-15,16-10-6-3-7-11-16)17-12-13-18(21)19(22)14-17/h4-14H,1H3. The van der Waals surface area contributed by atoms with E-state index in [1.54, 1.807) is 0 Å². The fraction of sp³-hybridized carbons (Fsp3) is 0.100. The molecule has 0 aliphatic rings. The summed E-state index contributed by atoms with van der Waals surface area (Å²) in [6.07, 6.45) is 0. The van der Waals surface area contributed by atoms with Gasteiger partial charge in [0.1, 0.15) is 0 Å². The lowest BCUT2D eigenvalue weighted by molar-refractivity contribution is 0.692. The van der Waals surface area contributed by atoms with Gasteiger partial charge in [-0.25, -0.2) is 0 Å². The Bertz CT molecular complexity index is 725. The summed E-state index contributed by atoms with van der Waals surface area (Å²) in [7, 11) is 0. The molecule has 0 saturated carbocycles. The largest absolute Gasteiger partial charge is 0.0827 e. The van der Waals surface area contributed by atoms with Crippen LogP contribution in [-0.4, -0.2) is 0 Å². The van der Waals surface area contributed by atoms with Crippen molar-refractivity contribution in [3.8, 4) is 0 Å². The zero-order valence-corrected chi connectivity index (χ0v) is 13.6. The van der Waals surface area contributed by atoms with Crippen LogP contribution >= 0.6 is 23.2 Å². The molecule has 0 aliphatic heterocycles. The van der Waals surface area contributed by atoms with Crippen LogP contribution in [0.15, 0.2) is 66.7 Å². The second kappa shape index (κ2) is 6.16. The molecular weight excluding hydrogens is 311 g/mol. The topological polar surface area (TPSA) is 0 Å². The van der Waals surface area contributed by atoms with E-state index >= 15 is 0 Å². The molecule has 22 heavy (non-hydrogen) atoms. The van der Waals surface area contributed by atoms with E-state index in [0.29, 0.717) is 10.0 Å². The second-order valence-electron chi connectivity index (χ2n) is 5.33. The molecule has 108 valence electrons. The number of benzene rings is 3. The van der Waals surface area contributed by atoms with Crippen LogP contribution < -0.4 is 0 Å². The van der Waals surface area contributed by atoms with E-state index in [2.05, 4.69) is 43.3 Å². The summed E-state index contributed by atoms with van der Waals surface area (Å²) in [6.45, 7) is 2.19. The second-order valence-corrected chi connectivity index (χ2v) is 6.15. The molecule has 0 N–H and O–H groups in total. The predicted molar refractivity (Wildman–Crippen MR) is 92.6 cm³/mol. The van der Waals surface area contributed by atoms with E-state index in [0.717, 1.165) is 5.56 Å². The average molecular weight is 325 g/mol. The molecule has 0 spiro atoms. The quantitative estimate of drug-likeness (QED) is 0.522. The molecule has 2 heteroatoms. The van der Waals surface area contributed by atoms with Crippen molar-refractivity contribution >= 4 is 23.2 Å². The third kappa shape index (κ3) is 2.65. The normalized spacial score (nSPS) is 11.4. The van der Waals surface area contributed by atoms with Crippen LogP contribution in [0.1, 0.15) is 23.6 Å². The fourth-order valence-corrected chi connectivity index (χ4v) is 3.05. The van der Waals surface area contributed by atoms with Crippen molar-refractivity contribution in [3.63, 3.8) is 0 Å². The fourth-order valence-electron chi connectivity index (χ4n) is 2.75. The van der Waals surface area contributed by atoms with Crippen molar-refractivity contribution in [1.29, 1.82) is 0 Å². The summed E-state index contributed by atoms with van der Waals surface area (Å²) < 4.78 is 0. The SMILES string of the molecule is CC(c1cc[c]cc1)(c1cc[c]cc1)c1ccc(Cl)c(Cl)c1. The van der Waals surface area contributed by atoms with Crippen LogP contribution in [0, 0.1) is 12.1 Å². The van der Waals surface area contributed by atoms with Crippen molar-refractivity contribution in [2.24, 2.45) is 0 Å². The zero-order chi connectivity index (χ0) is 15.6. The van der Waals surface area contributed by atoms with Gasteiger partial charge in [-0.15, -0.1) is 0 Å². The molecule has 2 radical (unpaired) electrons. The van der Waals surface area contributed by atoms with Crippen LogP contribution in [0.25, 0.3) is 0 Å². The summed E-state index contributed by atoms with van der Waals surface area (Å²) in [5, 5.41) is 1.13.